The van der Waals surface area contributed by atoms with E-state index in [9.17, 15) is 0 Å². The van der Waals surface area contributed by atoms with Gasteiger partial charge in [0.1, 0.15) is 0 Å². The fraction of sp³-hybridized carbons (Fsp3) is 0.231. The minimum Gasteiger partial charge on any atom is -0.157 e. The molecule has 0 atom stereocenters. The van der Waals surface area contributed by atoms with Crippen LogP contribution < -0.4 is 0 Å². The van der Waals surface area contributed by atoms with Gasteiger partial charge in [-0.3, -0.25) is 0 Å². The van der Waals surface area contributed by atoms with Crippen LogP contribution in [0.15, 0.2) is 84.9 Å². The fourth-order valence-electron chi connectivity index (χ4n) is 3.14. The van der Waals surface area contributed by atoms with Gasteiger partial charge in [0, 0.05) is 0 Å². The Morgan fingerprint density at radius 3 is 1.26 bits per heavy atom. The second-order valence-corrected chi connectivity index (χ2v) is 9.44. The second-order valence-electron chi connectivity index (χ2n) is 6.88. The maximum atomic E-state index is 2.27. The third kappa shape index (κ3) is 9.86. The molecule has 0 fully saturated rings. The fourth-order valence-corrected chi connectivity index (χ4v) is 5.58. The van der Waals surface area contributed by atoms with E-state index in [2.05, 4.69) is 98.8 Å². The first-order valence-electron chi connectivity index (χ1n) is 10.2. The molecule has 0 aliphatic carbocycles. The van der Waals surface area contributed by atoms with Crippen molar-refractivity contribution in [1.82, 2.24) is 0 Å². The first-order valence-corrected chi connectivity index (χ1v) is 11.9. The Kier molecular flexibility index (Phi) is 16.7. The van der Waals surface area contributed by atoms with Crippen molar-refractivity contribution >= 4 is 41.2 Å². The Morgan fingerprint density at radius 2 is 0.935 bits per heavy atom. The van der Waals surface area contributed by atoms with Crippen molar-refractivity contribution < 1.29 is 26.2 Å². The van der Waals surface area contributed by atoms with Crippen molar-refractivity contribution in [2.45, 2.75) is 39.5 Å². The number of benzene rings is 2. The molecule has 0 saturated heterocycles. The van der Waals surface area contributed by atoms with Crippen LogP contribution in [0.5, 0.6) is 0 Å². The summed E-state index contributed by atoms with van der Waals surface area (Å²) in [6, 6.07) is 30.3. The maximum Gasteiger partial charge on any atom is 2.00 e. The zero-order chi connectivity index (χ0) is 19.6. The Hall–Kier alpha value is -0.537. The van der Waals surface area contributed by atoms with Crippen molar-refractivity contribution in [3.8, 4) is 21.7 Å². The van der Waals surface area contributed by atoms with E-state index in [1.807, 2.05) is 0 Å². The molecule has 2 heterocycles. The van der Waals surface area contributed by atoms with E-state index in [-0.39, 0.29) is 51.0 Å². The molecule has 0 radical (unpaired) electrons. The van der Waals surface area contributed by atoms with Crippen LogP contribution in [0.3, 0.4) is 0 Å². The topological polar surface area (TPSA) is 0 Å². The summed E-state index contributed by atoms with van der Waals surface area (Å²) < 4.78 is 0. The molecule has 0 unspecified atom stereocenters. The molecule has 0 spiro atoms. The molecule has 4 aromatic rings. The molecule has 0 aliphatic rings. The number of aryl methyl sites for hydroxylation is 2. The minimum absolute atomic E-state index is 0. The van der Waals surface area contributed by atoms with Crippen LogP contribution in [0.1, 0.15) is 37.3 Å². The van der Waals surface area contributed by atoms with Crippen molar-refractivity contribution in [3.63, 3.8) is 0 Å². The molecule has 0 amide bonds. The summed E-state index contributed by atoms with van der Waals surface area (Å²) in [5, 5.41) is 5.97. The van der Waals surface area contributed by atoms with Gasteiger partial charge in [0.2, 0.25) is 0 Å². The zero-order valence-corrected chi connectivity index (χ0v) is 24.0. The van der Waals surface area contributed by atoms with Crippen LogP contribution in [0.2, 0.25) is 0 Å². The van der Waals surface area contributed by atoms with E-state index in [0.29, 0.717) is 0 Å². The van der Waals surface area contributed by atoms with Gasteiger partial charge in [-0.2, -0.15) is 16.4 Å². The first kappa shape index (κ1) is 30.5. The third-order valence-electron chi connectivity index (χ3n) is 4.55. The summed E-state index contributed by atoms with van der Waals surface area (Å²) in [5.41, 5.74) is 2.72. The Morgan fingerprint density at radius 1 is 0.581 bits per heavy atom. The summed E-state index contributed by atoms with van der Waals surface area (Å²) in [4.78, 5) is 0. The van der Waals surface area contributed by atoms with Crippen molar-refractivity contribution in [2.24, 2.45) is 0 Å². The molecule has 31 heavy (non-hydrogen) atoms. The van der Waals surface area contributed by atoms with Gasteiger partial charge >= 0.3 is 26.2 Å². The van der Waals surface area contributed by atoms with Gasteiger partial charge in [0.15, 0.2) is 0 Å². The molecule has 2 aromatic heterocycles. The van der Waals surface area contributed by atoms with E-state index >= 15 is 0 Å². The zero-order valence-electron chi connectivity index (χ0n) is 18.1. The monoisotopic (exact) mass is 564 g/mol. The number of rotatable bonds is 6. The minimum atomic E-state index is 0. The van der Waals surface area contributed by atoms with Crippen molar-refractivity contribution in [2.75, 3.05) is 0 Å². The van der Waals surface area contributed by atoms with Gasteiger partial charge < -0.3 is 0 Å². The molecule has 4 rings (SSSR count). The molecule has 0 nitrogen and oxygen atoms in total. The normalized spacial score (nSPS) is 9.87. The first-order chi connectivity index (χ1) is 13.8. The third-order valence-corrected chi connectivity index (χ3v) is 7.16. The molecule has 0 aliphatic heterocycles. The molecule has 5 heteroatoms. The molecule has 0 N–H and O–H groups in total. The standard InChI is InChI=1S/2C13H14P.2ClH.Zr/c2*1-2-6-12-9-10-13(14-12)11-7-4-3-5-8-11;;;/h2*3-5,7-10H,2,6H2,1H3;2*1H;/q2*-1;;;+2. The summed E-state index contributed by atoms with van der Waals surface area (Å²) in [6.45, 7) is 4.47. The van der Waals surface area contributed by atoms with E-state index in [4.69, 9.17) is 0 Å². The molecule has 0 saturated carbocycles. The van der Waals surface area contributed by atoms with Gasteiger partial charge in [0.25, 0.3) is 0 Å². The van der Waals surface area contributed by atoms with E-state index in [1.54, 1.807) is 10.6 Å². The van der Waals surface area contributed by atoms with Gasteiger partial charge in [0.05, 0.1) is 0 Å². The van der Waals surface area contributed by atoms with E-state index < -0.39 is 0 Å². The number of halogens is 2. The summed E-state index contributed by atoms with van der Waals surface area (Å²) in [5.74, 6) is 0. The van der Waals surface area contributed by atoms with Gasteiger partial charge in [-0.15, -0.1) is 95.1 Å². The van der Waals surface area contributed by atoms with Crippen LogP contribution in [-0.2, 0) is 39.0 Å². The summed E-state index contributed by atoms with van der Waals surface area (Å²) in [7, 11) is 2.81. The quantitative estimate of drug-likeness (QED) is 0.204. The largest absolute Gasteiger partial charge is 2.00 e. The Bertz CT molecular complexity index is 870. The summed E-state index contributed by atoms with van der Waals surface area (Å²) >= 11 is 0. The van der Waals surface area contributed by atoms with Gasteiger partial charge in [-0.05, 0) is 0 Å². The van der Waals surface area contributed by atoms with Crippen LogP contribution in [0.4, 0.5) is 0 Å². The average molecular weight is 567 g/mol. The Labute approximate surface area is 222 Å². The van der Waals surface area contributed by atoms with Crippen LogP contribution in [0, 0.1) is 0 Å². The SMILES string of the molecule is CCCc1cc[c-](-c2ccccc2)p1.CCCc1cc[c-](-c2ccccc2)p1.Cl.Cl.[Zr+2]. The summed E-state index contributed by atoms with van der Waals surface area (Å²) in [6.07, 6.45) is 4.95. The van der Waals surface area contributed by atoms with Crippen LogP contribution in [-0.4, -0.2) is 0 Å². The van der Waals surface area contributed by atoms with Gasteiger partial charge in [-0.1, -0.05) is 86.5 Å². The predicted molar refractivity (Wildman–Crippen MR) is 142 cm³/mol. The van der Waals surface area contributed by atoms with E-state index in [0.717, 1.165) is 0 Å². The molecular weight excluding hydrogens is 536 g/mol. The smallest absolute Gasteiger partial charge is 0.157 e. The second kappa shape index (κ2) is 17.0. The maximum absolute atomic E-state index is 2.27. The van der Waals surface area contributed by atoms with Crippen molar-refractivity contribution in [1.29, 1.82) is 0 Å². The molecule has 0 bridgehead atoms. The van der Waals surface area contributed by atoms with Crippen LogP contribution >= 0.6 is 41.2 Å². The van der Waals surface area contributed by atoms with Crippen LogP contribution in [0.25, 0.3) is 21.7 Å². The van der Waals surface area contributed by atoms with E-state index in [1.165, 1.54) is 63.8 Å². The number of hydrogen-bond acceptors (Lipinski definition) is 0. The molecular formula is C26H30Cl2P2Zr. The predicted octanol–water partition coefficient (Wildman–Crippen LogP) is 10.1. The number of hydrogen-bond donors (Lipinski definition) is 0. The molecule has 162 valence electrons. The van der Waals surface area contributed by atoms with Gasteiger partial charge in [-0.25, -0.2) is 0 Å². The molecule has 2 aromatic carbocycles. The Balaban J connectivity index is 0.000000529. The average Bonchev–Trinajstić information content (AvgIpc) is 3.41. The van der Waals surface area contributed by atoms with Crippen molar-refractivity contribution in [3.05, 3.63) is 95.5 Å².